The lowest BCUT2D eigenvalue weighted by Crippen LogP contribution is -2.14. The minimum absolute atomic E-state index is 0.124. The highest BCUT2D eigenvalue weighted by Crippen LogP contribution is 2.33. The van der Waals surface area contributed by atoms with Crippen LogP contribution in [0.3, 0.4) is 0 Å². The molecular weight excluding hydrogens is 534 g/mol. The van der Waals surface area contributed by atoms with E-state index in [0.717, 1.165) is 50.1 Å². The predicted molar refractivity (Wildman–Crippen MR) is 164 cm³/mol. The Morgan fingerprint density at radius 2 is 1.68 bits per heavy atom. The van der Waals surface area contributed by atoms with Crippen LogP contribution in [-0.4, -0.2) is 20.9 Å². The van der Waals surface area contributed by atoms with Gasteiger partial charge in [0, 0.05) is 32.9 Å². The molecule has 0 atom stereocenters. The first kappa shape index (κ1) is 26.2. The molecule has 0 spiro atoms. The Morgan fingerprint density at radius 1 is 0.854 bits per heavy atom. The van der Waals surface area contributed by atoms with Crippen LogP contribution in [0.4, 0.5) is 17.2 Å². The molecule has 0 aliphatic carbocycles. The lowest BCUT2D eigenvalue weighted by molar-refractivity contribution is -0.115. The summed E-state index contributed by atoms with van der Waals surface area (Å²) in [5, 5.41) is 8.81. The number of pyridine rings is 1. The highest BCUT2D eigenvalue weighted by molar-refractivity contribution is 6.30. The number of amides is 1. The lowest BCUT2D eigenvalue weighted by atomic mass is 10.1. The van der Waals surface area contributed by atoms with E-state index in [1.54, 1.807) is 12.1 Å². The summed E-state index contributed by atoms with van der Waals surface area (Å²) in [5.74, 6) is 1.96. The number of carbonyl (C=O) groups excluding carboxylic acids is 1. The van der Waals surface area contributed by atoms with Crippen LogP contribution in [0.1, 0.15) is 16.8 Å². The van der Waals surface area contributed by atoms with Crippen molar-refractivity contribution in [1.29, 1.82) is 0 Å². The summed E-state index contributed by atoms with van der Waals surface area (Å²) in [4.78, 5) is 26.2. The fourth-order valence-corrected chi connectivity index (χ4v) is 4.75. The molecule has 0 saturated heterocycles. The first-order valence-electron chi connectivity index (χ1n) is 13.1. The zero-order chi connectivity index (χ0) is 28.3. The number of nitrogens with zero attached hydrogens (tertiary/aromatic N) is 3. The molecule has 2 heterocycles. The third-order valence-corrected chi connectivity index (χ3v) is 6.93. The van der Waals surface area contributed by atoms with Crippen molar-refractivity contribution < 1.29 is 9.53 Å². The molecule has 8 heteroatoms. The maximum absolute atomic E-state index is 12.7. The summed E-state index contributed by atoms with van der Waals surface area (Å²) in [6.07, 6.45) is 1.76. The van der Waals surface area contributed by atoms with E-state index in [0.29, 0.717) is 22.3 Å². The Hall–Kier alpha value is -5.01. The number of fused-ring (bicyclic) bond motifs is 2. The Morgan fingerprint density at radius 3 is 2.51 bits per heavy atom. The Bertz CT molecular complexity index is 1910. The van der Waals surface area contributed by atoms with Crippen LogP contribution in [0.15, 0.2) is 97.3 Å². The summed E-state index contributed by atoms with van der Waals surface area (Å²) in [7, 11) is 0. The number of carbonyl (C=O) groups is 1. The van der Waals surface area contributed by atoms with E-state index in [2.05, 4.69) is 25.6 Å². The van der Waals surface area contributed by atoms with Crippen LogP contribution in [0.2, 0.25) is 5.02 Å². The molecule has 1 amide bonds. The monoisotopic (exact) mass is 559 g/mol. The molecular formula is C33H26ClN5O2. The molecule has 0 radical (unpaired) electrons. The van der Waals surface area contributed by atoms with Crippen LogP contribution in [0.25, 0.3) is 21.8 Å². The number of para-hydroxylation sites is 1. The Kier molecular flexibility index (Phi) is 7.18. The fraction of sp³-hybridized carbons (Fsp3) is 0.0909. The molecule has 0 bridgehead atoms. The van der Waals surface area contributed by atoms with Gasteiger partial charge in [-0.25, -0.2) is 15.0 Å². The van der Waals surface area contributed by atoms with Gasteiger partial charge in [0.25, 0.3) is 0 Å². The molecule has 4 aromatic carbocycles. The van der Waals surface area contributed by atoms with Gasteiger partial charge >= 0.3 is 0 Å². The summed E-state index contributed by atoms with van der Waals surface area (Å²) in [6.45, 7) is 3.97. The topological polar surface area (TPSA) is 89.0 Å². The molecule has 0 saturated carbocycles. The van der Waals surface area contributed by atoms with Crippen molar-refractivity contribution in [2.45, 2.75) is 20.3 Å². The normalized spacial score (nSPS) is 11.0. The van der Waals surface area contributed by atoms with E-state index in [1.165, 1.54) is 6.33 Å². The largest absolute Gasteiger partial charge is 0.455 e. The number of rotatable bonds is 7. The van der Waals surface area contributed by atoms with Gasteiger partial charge in [0.2, 0.25) is 5.91 Å². The van der Waals surface area contributed by atoms with E-state index >= 15 is 0 Å². The average Bonchev–Trinajstić information content (AvgIpc) is 2.96. The molecule has 0 aliphatic rings. The van der Waals surface area contributed by atoms with E-state index in [1.807, 2.05) is 92.7 Å². The number of ether oxygens (including phenoxy) is 1. The summed E-state index contributed by atoms with van der Waals surface area (Å²) < 4.78 is 6.29. The number of nitrogens with one attached hydrogen (secondary N) is 2. The Labute approximate surface area is 242 Å². The molecule has 41 heavy (non-hydrogen) atoms. The first-order valence-corrected chi connectivity index (χ1v) is 13.5. The van der Waals surface area contributed by atoms with E-state index in [9.17, 15) is 4.79 Å². The van der Waals surface area contributed by atoms with Crippen molar-refractivity contribution in [3.05, 3.63) is 119 Å². The van der Waals surface area contributed by atoms with E-state index in [4.69, 9.17) is 16.3 Å². The van der Waals surface area contributed by atoms with Crippen molar-refractivity contribution in [2.24, 2.45) is 0 Å². The molecule has 2 aromatic heterocycles. The average molecular weight is 560 g/mol. The lowest BCUT2D eigenvalue weighted by Gasteiger charge is -2.14. The molecule has 6 aromatic rings. The third-order valence-electron chi connectivity index (χ3n) is 6.68. The zero-order valence-corrected chi connectivity index (χ0v) is 23.2. The van der Waals surface area contributed by atoms with Crippen LogP contribution < -0.4 is 15.4 Å². The minimum atomic E-state index is -0.124. The van der Waals surface area contributed by atoms with Gasteiger partial charge < -0.3 is 15.4 Å². The molecule has 202 valence electrons. The standard InChI is InChI=1S/C33H26ClN5O2/c1-20-16-25(13-15-29(20)41-30-5-3-4-23-9-6-21(2)37-32(23)30)39-33-27-18-26(12-14-28(27)35-19-36-33)38-31(40)17-22-7-10-24(34)11-8-22/h3-16,18-19H,17H2,1-2H3,(H,38,40)(H,35,36,39). The molecule has 0 aliphatic heterocycles. The highest BCUT2D eigenvalue weighted by Gasteiger charge is 2.11. The van der Waals surface area contributed by atoms with Crippen molar-refractivity contribution >= 4 is 56.5 Å². The second-order valence-corrected chi connectivity index (χ2v) is 10.2. The number of anilines is 3. The van der Waals surface area contributed by atoms with Gasteiger partial charge in [-0.15, -0.1) is 0 Å². The molecule has 6 rings (SSSR count). The van der Waals surface area contributed by atoms with E-state index < -0.39 is 0 Å². The summed E-state index contributed by atoms with van der Waals surface area (Å²) >= 11 is 5.95. The van der Waals surface area contributed by atoms with Crippen molar-refractivity contribution in [3.8, 4) is 11.5 Å². The van der Waals surface area contributed by atoms with Crippen LogP contribution >= 0.6 is 11.6 Å². The maximum Gasteiger partial charge on any atom is 0.228 e. The summed E-state index contributed by atoms with van der Waals surface area (Å²) in [5.41, 5.74) is 5.87. The molecule has 0 unspecified atom stereocenters. The van der Waals surface area contributed by atoms with Gasteiger partial charge in [-0.1, -0.05) is 41.9 Å². The van der Waals surface area contributed by atoms with Gasteiger partial charge in [-0.2, -0.15) is 0 Å². The zero-order valence-electron chi connectivity index (χ0n) is 22.5. The van der Waals surface area contributed by atoms with Gasteiger partial charge in [-0.05, 0) is 85.6 Å². The first-order chi connectivity index (χ1) is 19.9. The smallest absolute Gasteiger partial charge is 0.228 e. The quantitative estimate of drug-likeness (QED) is 0.205. The van der Waals surface area contributed by atoms with Gasteiger partial charge in [0.15, 0.2) is 5.75 Å². The molecule has 7 nitrogen and oxygen atoms in total. The number of hydrogen-bond donors (Lipinski definition) is 2. The van der Waals surface area contributed by atoms with Gasteiger partial charge in [-0.3, -0.25) is 4.79 Å². The third kappa shape index (κ3) is 5.95. The van der Waals surface area contributed by atoms with Crippen molar-refractivity contribution in [1.82, 2.24) is 15.0 Å². The SMILES string of the molecule is Cc1ccc2cccc(Oc3ccc(Nc4ncnc5ccc(NC(=O)Cc6ccc(Cl)cc6)cc45)cc3C)c2n1. The van der Waals surface area contributed by atoms with Gasteiger partial charge in [0.1, 0.15) is 23.4 Å². The molecule has 0 fully saturated rings. The van der Waals surface area contributed by atoms with Crippen LogP contribution in [0.5, 0.6) is 11.5 Å². The second-order valence-electron chi connectivity index (χ2n) is 9.79. The predicted octanol–water partition coefficient (Wildman–Crippen LogP) is 8.17. The van der Waals surface area contributed by atoms with Gasteiger partial charge in [0.05, 0.1) is 11.9 Å². The number of benzene rings is 4. The maximum atomic E-state index is 12.7. The van der Waals surface area contributed by atoms with Crippen LogP contribution in [-0.2, 0) is 11.2 Å². The Balaban J connectivity index is 1.21. The fourth-order valence-electron chi connectivity index (χ4n) is 4.62. The number of halogens is 1. The highest BCUT2D eigenvalue weighted by atomic mass is 35.5. The van der Waals surface area contributed by atoms with Crippen molar-refractivity contribution in [3.63, 3.8) is 0 Å². The number of hydrogen-bond acceptors (Lipinski definition) is 6. The molecule has 2 N–H and O–H groups in total. The number of aryl methyl sites for hydroxylation is 2. The summed E-state index contributed by atoms with van der Waals surface area (Å²) in [6, 6.07) is 28.6. The van der Waals surface area contributed by atoms with Crippen LogP contribution in [0, 0.1) is 13.8 Å². The van der Waals surface area contributed by atoms with E-state index in [-0.39, 0.29) is 12.3 Å². The second kappa shape index (κ2) is 11.2. The number of aromatic nitrogens is 3. The van der Waals surface area contributed by atoms with Crippen molar-refractivity contribution in [2.75, 3.05) is 10.6 Å². The minimum Gasteiger partial charge on any atom is -0.455 e.